The van der Waals surface area contributed by atoms with E-state index in [4.69, 9.17) is 10.5 Å². The summed E-state index contributed by atoms with van der Waals surface area (Å²) >= 11 is 0. The Labute approximate surface area is 79.9 Å². The molecule has 0 aromatic carbocycles. The van der Waals surface area contributed by atoms with Crippen molar-refractivity contribution in [2.45, 2.75) is 39.2 Å². The Balaban J connectivity index is 3.55. The summed E-state index contributed by atoms with van der Waals surface area (Å²) < 4.78 is 5.08. The molecule has 0 aliphatic rings. The minimum atomic E-state index is -0.305. The second kappa shape index (κ2) is 6.66. The van der Waals surface area contributed by atoms with E-state index in [9.17, 15) is 4.79 Å². The summed E-state index contributed by atoms with van der Waals surface area (Å²) in [6.45, 7) is 7.74. The molecule has 0 aliphatic carbocycles. The molecule has 0 heterocycles. The molecule has 76 valence electrons. The molecule has 3 nitrogen and oxygen atoms in total. The summed E-state index contributed by atoms with van der Waals surface area (Å²) in [6.07, 6.45) is 2.82. The third kappa shape index (κ3) is 6.34. The molecule has 2 N–H and O–H groups in total. The summed E-state index contributed by atoms with van der Waals surface area (Å²) in [4.78, 5) is 11.0. The first-order valence-corrected chi connectivity index (χ1v) is 4.64. The van der Waals surface area contributed by atoms with Gasteiger partial charge in [-0.2, -0.15) is 0 Å². The maximum Gasteiger partial charge on any atom is 0.333 e. The van der Waals surface area contributed by atoms with Crippen molar-refractivity contribution < 1.29 is 9.53 Å². The van der Waals surface area contributed by atoms with Crippen LogP contribution in [0, 0.1) is 0 Å². The predicted molar refractivity (Wildman–Crippen MR) is 53.3 cm³/mol. The van der Waals surface area contributed by atoms with Crippen molar-refractivity contribution in [1.82, 2.24) is 0 Å². The van der Waals surface area contributed by atoms with Crippen molar-refractivity contribution in [2.75, 3.05) is 6.54 Å². The van der Waals surface area contributed by atoms with Crippen molar-refractivity contribution in [1.29, 1.82) is 0 Å². The molecule has 1 atom stereocenters. The largest absolute Gasteiger partial charge is 0.459 e. The molecule has 0 rings (SSSR count). The van der Waals surface area contributed by atoms with Crippen molar-refractivity contribution >= 4 is 5.97 Å². The SMILES string of the molecule is C=C(C)C(=O)OC(C)CCCCN. The zero-order chi connectivity index (χ0) is 10.3. The van der Waals surface area contributed by atoms with Crippen LogP contribution in [0.25, 0.3) is 0 Å². The number of hydrogen-bond acceptors (Lipinski definition) is 3. The van der Waals surface area contributed by atoms with Gasteiger partial charge in [0, 0.05) is 5.57 Å². The smallest absolute Gasteiger partial charge is 0.333 e. The Morgan fingerprint density at radius 3 is 2.62 bits per heavy atom. The van der Waals surface area contributed by atoms with Crippen LogP contribution in [0.3, 0.4) is 0 Å². The van der Waals surface area contributed by atoms with Gasteiger partial charge in [0.25, 0.3) is 0 Å². The first-order valence-electron chi connectivity index (χ1n) is 4.64. The first kappa shape index (κ1) is 12.2. The third-order valence-electron chi connectivity index (χ3n) is 1.72. The van der Waals surface area contributed by atoms with E-state index in [0.717, 1.165) is 19.3 Å². The van der Waals surface area contributed by atoms with Gasteiger partial charge < -0.3 is 10.5 Å². The van der Waals surface area contributed by atoms with Crippen LogP contribution >= 0.6 is 0 Å². The molecule has 0 saturated heterocycles. The Hall–Kier alpha value is -0.830. The van der Waals surface area contributed by atoms with Crippen LogP contribution in [-0.2, 0) is 9.53 Å². The summed E-state index contributed by atoms with van der Waals surface area (Å²) in [5.74, 6) is -0.305. The molecule has 0 fully saturated rings. The summed E-state index contributed by atoms with van der Waals surface area (Å²) in [5, 5.41) is 0. The Morgan fingerprint density at radius 1 is 1.54 bits per heavy atom. The number of unbranched alkanes of at least 4 members (excludes halogenated alkanes) is 1. The van der Waals surface area contributed by atoms with Crippen molar-refractivity contribution in [3.8, 4) is 0 Å². The van der Waals surface area contributed by atoms with Gasteiger partial charge in [0.1, 0.15) is 0 Å². The standard InChI is InChI=1S/C10H19NO2/c1-8(2)10(12)13-9(3)6-4-5-7-11/h9H,1,4-7,11H2,2-3H3. The second-order valence-electron chi connectivity index (χ2n) is 3.28. The van der Waals surface area contributed by atoms with Gasteiger partial charge in [-0.15, -0.1) is 0 Å². The highest BCUT2D eigenvalue weighted by Gasteiger charge is 2.08. The molecule has 0 aliphatic heterocycles. The van der Waals surface area contributed by atoms with Crippen LogP contribution in [0.5, 0.6) is 0 Å². The lowest BCUT2D eigenvalue weighted by molar-refractivity contribution is -0.143. The summed E-state index contributed by atoms with van der Waals surface area (Å²) in [7, 11) is 0. The van der Waals surface area contributed by atoms with Gasteiger partial charge in [0.2, 0.25) is 0 Å². The highest BCUT2D eigenvalue weighted by Crippen LogP contribution is 2.06. The molecule has 0 aromatic heterocycles. The van der Waals surface area contributed by atoms with Crippen LogP contribution in [0.4, 0.5) is 0 Å². The van der Waals surface area contributed by atoms with Crippen LogP contribution in [-0.4, -0.2) is 18.6 Å². The number of ether oxygens (including phenoxy) is 1. The van der Waals surface area contributed by atoms with Crippen LogP contribution in [0.2, 0.25) is 0 Å². The lowest BCUT2D eigenvalue weighted by Gasteiger charge is -2.12. The average molecular weight is 185 g/mol. The Bertz CT molecular complexity index is 178. The van der Waals surface area contributed by atoms with Crippen molar-refractivity contribution in [3.05, 3.63) is 12.2 Å². The van der Waals surface area contributed by atoms with Gasteiger partial charge >= 0.3 is 5.97 Å². The van der Waals surface area contributed by atoms with E-state index in [0.29, 0.717) is 12.1 Å². The van der Waals surface area contributed by atoms with E-state index in [1.807, 2.05) is 6.92 Å². The number of esters is 1. The number of rotatable bonds is 6. The highest BCUT2D eigenvalue weighted by molar-refractivity contribution is 5.87. The maximum absolute atomic E-state index is 11.0. The molecular weight excluding hydrogens is 166 g/mol. The number of carbonyl (C=O) groups excluding carboxylic acids is 1. The molecular formula is C10H19NO2. The monoisotopic (exact) mass is 185 g/mol. The van der Waals surface area contributed by atoms with Gasteiger partial charge in [-0.1, -0.05) is 6.58 Å². The van der Waals surface area contributed by atoms with Crippen LogP contribution in [0.1, 0.15) is 33.1 Å². The molecule has 3 heteroatoms. The first-order chi connectivity index (χ1) is 6.07. The van der Waals surface area contributed by atoms with Gasteiger partial charge in [0.05, 0.1) is 6.10 Å². The minimum absolute atomic E-state index is 0.0317. The van der Waals surface area contributed by atoms with Crippen molar-refractivity contribution in [2.24, 2.45) is 5.73 Å². The Morgan fingerprint density at radius 2 is 2.15 bits per heavy atom. The fraction of sp³-hybridized carbons (Fsp3) is 0.700. The normalized spacial score (nSPS) is 12.2. The zero-order valence-corrected chi connectivity index (χ0v) is 8.51. The van der Waals surface area contributed by atoms with Gasteiger partial charge in [0.15, 0.2) is 0 Å². The molecule has 0 aromatic rings. The van der Waals surface area contributed by atoms with E-state index in [1.165, 1.54) is 0 Å². The third-order valence-corrected chi connectivity index (χ3v) is 1.72. The van der Waals surface area contributed by atoms with Gasteiger partial charge in [-0.3, -0.25) is 0 Å². The molecule has 1 unspecified atom stereocenters. The molecule has 13 heavy (non-hydrogen) atoms. The van der Waals surface area contributed by atoms with Crippen LogP contribution < -0.4 is 5.73 Å². The molecule has 0 radical (unpaired) electrons. The lowest BCUT2D eigenvalue weighted by Crippen LogP contribution is -2.15. The number of nitrogens with two attached hydrogens (primary N) is 1. The molecule has 0 saturated carbocycles. The van der Waals surface area contributed by atoms with Gasteiger partial charge in [-0.25, -0.2) is 4.79 Å². The topological polar surface area (TPSA) is 52.3 Å². The lowest BCUT2D eigenvalue weighted by atomic mass is 10.2. The summed E-state index contributed by atoms with van der Waals surface area (Å²) in [6, 6.07) is 0. The quantitative estimate of drug-likeness (QED) is 0.388. The van der Waals surface area contributed by atoms with E-state index < -0.39 is 0 Å². The van der Waals surface area contributed by atoms with Crippen LogP contribution in [0.15, 0.2) is 12.2 Å². The van der Waals surface area contributed by atoms with Gasteiger partial charge in [-0.05, 0) is 39.7 Å². The molecule has 0 bridgehead atoms. The fourth-order valence-electron chi connectivity index (χ4n) is 0.918. The van der Waals surface area contributed by atoms with E-state index >= 15 is 0 Å². The summed E-state index contributed by atoms with van der Waals surface area (Å²) in [5.41, 5.74) is 5.79. The number of hydrogen-bond donors (Lipinski definition) is 1. The average Bonchev–Trinajstić information content (AvgIpc) is 2.04. The zero-order valence-electron chi connectivity index (χ0n) is 8.51. The highest BCUT2D eigenvalue weighted by atomic mass is 16.5. The van der Waals surface area contributed by atoms with Crippen molar-refractivity contribution in [3.63, 3.8) is 0 Å². The van der Waals surface area contributed by atoms with E-state index in [1.54, 1.807) is 6.92 Å². The molecule has 0 spiro atoms. The second-order valence-corrected chi connectivity index (χ2v) is 3.28. The van der Waals surface area contributed by atoms with E-state index in [-0.39, 0.29) is 12.1 Å². The fourth-order valence-corrected chi connectivity index (χ4v) is 0.918. The Kier molecular flexibility index (Phi) is 6.24. The van der Waals surface area contributed by atoms with E-state index in [2.05, 4.69) is 6.58 Å². The number of carbonyl (C=O) groups is 1. The molecule has 0 amide bonds. The maximum atomic E-state index is 11.0. The minimum Gasteiger partial charge on any atom is -0.459 e. The predicted octanol–water partition coefficient (Wildman–Crippen LogP) is 1.62.